The van der Waals surface area contributed by atoms with Gasteiger partial charge >= 0.3 is 0 Å². The zero-order chi connectivity index (χ0) is 18.1. The molecule has 1 aromatic carbocycles. The highest BCUT2D eigenvalue weighted by Crippen LogP contribution is 2.42. The molecule has 128 valence electrons. The maximum Gasteiger partial charge on any atom is 0.238 e. The number of ether oxygens (including phenoxy) is 1. The van der Waals surface area contributed by atoms with Crippen molar-refractivity contribution in [2.45, 2.75) is 51.9 Å². The second kappa shape index (κ2) is 6.49. The summed E-state index contributed by atoms with van der Waals surface area (Å²) in [5.41, 5.74) is 2.41. The van der Waals surface area contributed by atoms with Crippen molar-refractivity contribution in [2.24, 2.45) is 0 Å². The summed E-state index contributed by atoms with van der Waals surface area (Å²) in [6.07, 6.45) is -0.905. The molecule has 7 heteroatoms. The van der Waals surface area contributed by atoms with E-state index in [1.165, 1.54) is 6.92 Å². The standard InChI is InChI=1S/C17H21N3O4/c1-5-14(22)19-20(10(2)21)15-12-8-11(9-18)6-7-13(12)24-17(3,4)16(15)23/h6-8,15-16,23H,5H2,1-4H3,(H,19,22)/t15-,16+/m0/s1. The number of aliphatic hydroxyl groups is 1. The minimum Gasteiger partial charge on any atom is -0.485 e. The number of hydrazine groups is 1. The molecule has 24 heavy (non-hydrogen) atoms. The molecule has 0 unspecified atom stereocenters. The summed E-state index contributed by atoms with van der Waals surface area (Å²) < 4.78 is 5.81. The van der Waals surface area contributed by atoms with Crippen molar-refractivity contribution in [1.29, 1.82) is 5.26 Å². The molecule has 1 heterocycles. The van der Waals surface area contributed by atoms with Gasteiger partial charge in [0.2, 0.25) is 11.8 Å². The third-order valence-corrected chi connectivity index (χ3v) is 4.03. The molecule has 1 aliphatic rings. The summed E-state index contributed by atoms with van der Waals surface area (Å²) in [6, 6.07) is 5.97. The van der Waals surface area contributed by atoms with Crippen molar-refractivity contribution < 1.29 is 19.4 Å². The Balaban J connectivity index is 2.58. The Bertz CT molecular complexity index is 708. The fourth-order valence-electron chi connectivity index (χ4n) is 2.67. The molecule has 7 nitrogen and oxygen atoms in total. The third-order valence-electron chi connectivity index (χ3n) is 4.03. The molecule has 2 atom stereocenters. The first-order valence-electron chi connectivity index (χ1n) is 7.71. The molecule has 0 spiro atoms. The molecular weight excluding hydrogens is 310 g/mol. The van der Waals surface area contributed by atoms with Crippen LogP contribution in [0.1, 0.15) is 51.3 Å². The van der Waals surface area contributed by atoms with Gasteiger partial charge in [-0.15, -0.1) is 0 Å². The van der Waals surface area contributed by atoms with E-state index in [1.807, 2.05) is 6.07 Å². The molecule has 2 N–H and O–H groups in total. The topological polar surface area (TPSA) is 103 Å². The number of amides is 2. The molecule has 0 radical (unpaired) electrons. The van der Waals surface area contributed by atoms with Crippen molar-refractivity contribution in [1.82, 2.24) is 10.4 Å². The van der Waals surface area contributed by atoms with Gasteiger partial charge in [0.05, 0.1) is 11.6 Å². The Morgan fingerprint density at radius 3 is 2.67 bits per heavy atom. The zero-order valence-electron chi connectivity index (χ0n) is 14.2. The number of nitrogens with one attached hydrogen (secondary N) is 1. The molecule has 1 aliphatic heterocycles. The molecule has 0 saturated heterocycles. The lowest BCUT2D eigenvalue weighted by Crippen LogP contribution is -2.58. The maximum atomic E-state index is 12.1. The summed E-state index contributed by atoms with van der Waals surface area (Å²) in [4.78, 5) is 23.9. The average molecular weight is 331 g/mol. The Kier molecular flexibility index (Phi) is 4.81. The average Bonchev–Trinajstić information content (AvgIpc) is 2.53. The number of carbonyl (C=O) groups is 2. The molecule has 0 aromatic heterocycles. The van der Waals surface area contributed by atoms with E-state index in [9.17, 15) is 14.7 Å². The lowest BCUT2D eigenvalue weighted by molar-refractivity contribution is -0.155. The van der Waals surface area contributed by atoms with Crippen LogP contribution in [0.25, 0.3) is 0 Å². The van der Waals surface area contributed by atoms with Crippen molar-refractivity contribution in [3.05, 3.63) is 29.3 Å². The van der Waals surface area contributed by atoms with Gasteiger partial charge in [-0.2, -0.15) is 5.26 Å². The molecule has 0 fully saturated rings. The van der Waals surface area contributed by atoms with Crippen LogP contribution in [0.15, 0.2) is 18.2 Å². The highest BCUT2D eigenvalue weighted by Gasteiger charge is 2.47. The summed E-state index contributed by atoms with van der Waals surface area (Å²) in [7, 11) is 0. The predicted octanol–water partition coefficient (Wildman–Crippen LogP) is 1.42. The second-order valence-electron chi connectivity index (χ2n) is 6.24. The Morgan fingerprint density at radius 2 is 2.12 bits per heavy atom. The van der Waals surface area contributed by atoms with Gasteiger partial charge in [-0.05, 0) is 32.0 Å². The van der Waals surface area contributed by atoms with E-state index >= 15 is 0 Å². The Morgan fingerprint density at radius 1 is 1.46 bits per heavy atom. The van der Waals surface area contributed by atoms with E-state index in [-0.39, 0.29) is 12.3 Å². The van der Waals surface area contributed by atoms with Crippen LogP contribution in [0.4, 0.5) is 0 Å². The maximum absolute atomic E-state index is 12.1. The van der Waals surface area contributed by atoms with E-state index in [4.69, 9.17) is 10.00 Å². The zero-order valence-corrected chi connectivity index (χ0v) is 14.2. The fourth-order valence-corrected chi connectivity index (χ4v) is 2.67. The van der Waals surface area contributed by atoms with Crippen LogP contribution >= 0.6 is 0 Å². The Labute approximate surface area is 140 Å². The van der Waals surface area contributed by atoms with Gasteiger partial charge in [0.25, 0.3) is 0 Å². The van der Waals surface area contributed by atoms with Crippen LogP contribution in [0.5, 0.6) is 5.75 Å². The van der Waals surface area contributed by atoms with Crippen LogP contribution in [0, 0.1) is 11.3 Å². The number of carbonyl (C=O) groups excluding carboxylic acids is 2. The highest BCUT2D eigenvalue weighted by molar-refractivity contribution is 5.81. The first kappa shape index (κ1) is 17.8. The number of aliphatic hydroxyl groups excluding tert-OH is 1. The molecule has 2 rings (SSSR count). The second-order valence-corrected chi connectivity index (χ2v) is 6.24. The number of fused-ring (bicyclic) bond motifs is 1. The first-order chi connectivity index (χ1) is 11.2. The van der Waals surface area contributed by atoms with Gasteiger partial charge in [-0.3, -0.25) is 15.0 Å². The molecule has 0 saturated carbocycles. The lowest BCUT2D eigenvalue weighted by Gasteiger charge is -2.45. The largest absolute Gasteiger partial charge is 0.485 e. The normalized spacial score (nSPS) is 21.0. The summed E-state index contributed by atoms with van der Waals surface area (Å²) in [6.45, 7) is 6.37. The predicted molar refractivity (Wildman–Crippen MR) is 85.6 cm³/mol. The number of nitrogens with zero attached hydrogens (tertiary/aromatic N) is 2. The summed E-state index contributed by atoms with van der Waals surface area (Å²) in [5.74, 6) is -0.308. The van der Waals surface area contributed by atoms with Gasteiger partial charge in [-0.1, -0.05) is 6.92 Å². The van der Waals surface area contributed by atoms with Crippen molar-refractivity contribution in [3.8, 4) is 11.8 Å². The fraction of sp³-hybridized carbons (Fsp3) is 0.471. The van der Waals surface area contributed by atoms with Gasteiger partial charge in [-0.25, -0.2) is 5.01 Å². The number of rotatable bonds is 2. The number of hydrogen-bond acceptors (Lipinski definition) is 5. The van der Waals surface area contributed by atoms with Crippen molar-refractivity contribution in [3.63, 3.8) is 0 Å². The molecular formula is C17H21N3O4. The van der Waals surface area contributed by atoms with Crippen LogP contribution in [-0.2, 0) is 9.59 Å². The van der Waals surface area contributed by atoms with Gasteiger partial charge < -0.3 is 9.84 Å². The smallest absolute Gasteiger partial charge is 0.238 e. The van der Waals surface area contributed by atoms with Gasteiger partial charge in [0, 0.05) is 18.9 Å². The van der Waals surface area contributed by atoms with E-state index in [1.54, 1.807) is 39.0 Å². The van der Waals surface area contributed by atoms with E-state index in [0.717, 1.165) is 5.01 Å². The Hall–Kier alpha value is -2.59. The van der Waals surface area contributed by atoms with Crippen molar-refractivity contribution >= 4 is 11.8 Å². The van der Waals surface area contributed by atoms with Crippen molar-refractivity contribution in [2.75, 3.05) is 0 Å². The van der Waals surface area contributed by atoms with Crippen LogP contribution in [0.2, 0.25) is 0 Å². The van der Waals surface area contributed by atoms with E-state index in [0.29, 0.717) is 16.9 Å². The summed E-state index contributed by atoms with van der Waals surface area (Å²) in [5, 5.41) is 21.0. The third kappa shape index (κ3) is 3.19. The number of benzene rings is 1. The van der Waals surface area contributed by atoms with E-state index in [2.05, 4.69) is 5.43 Å². The lowest BCUT2D eigenvalue weighted by atomic mass is 9.85. The molecule has 0 aliphatic carbocycles. The van der Waals surface area contributed by atoms with E-state index < -0.39 is 23.7 Å². The summed E-state index contributed by atoms with van der Waals surface area (Å²) >= 11 is 0. The minimum absolute atomic E-state index is 0.192. The van der Waals surface area contributed by atoms with Crippen LogP contribution in [-0.4, -0.2) is 33.6 Å². The highest BCUT2D eigenvalue weighted by atomic mass is 16.5. The van der Waals surface area contributed by atoms with Gasteiger partial charge in [0.15, 0.2) is 0 Å². The molecule has 0 bridgehead atoms. The number of hydrogen-bond donors (Lipinski definition) is 2. The van der Waals surface area contributed by atoms with Gasteiger partial charge in [0.1, 0.15) is 23.5 Å². The quantitative estimate of drug-likeness (QED) is 0.798. The SMILES string of the molecule is CCC(=O)NN(C(C)=O)[C@H]1c2cc(C#N)ccc2OC(C)(C)[C@@H]1O. The van der Waals surface area contributed by atoms with Crippen LogP contribution < -0.4 is 10.2 Å². The number of nitriles is 1. The monoisotopic (exact) mass is 331 g/mol. The minimum atomic E-state index is -1.10. The molecule has 2 amide bonds. The molecule has 1 aromatic rings. The first-order valence-corrected chi connectivity index (χ1v) is 7.71. The van der Waals surface area contributed by atoms with Crippen LogP contribution in [0.3, 0.4) is 0 Å².